The molecule has 3 heteroatoms. The third-order valence-corrected chi connectivity index (χ3v) is 3.13. The molecule has 0 saturated heterocycles. The van der Waals surface area contributed by atoms with Gasteiger partial charge in [-0.1, -0.05) is 0 Å². The van der Waals surface area contributed by atoms with E-state index < -0.39 is 0 Å². The second kappa shape index (κ2) is 6.61. The molecule has 1 rings (SSSR count). The van der Waals surface area contributed by atoms with Gasteiger partial charge in [0.25, 0.3) is 0 Å². The van der Waals surface area contributed by atoms with Gasteiger partial charge >= 0.3 is 0 Å². The third kappa shape index (κ3) is 4.82. The monoisotopic (exact) mass is 207 g/mol. The Morgan fingerprint density at radius 2 is 1.92 bits per heavy atom. The molecule has 1 fully saturated rings. The van der Waals surface area contributed by atoms with Crippen molar-refractivity contribution in [2.24, 2.45) is 5.92 Å². The van der Waals surface area contributed by atoms with Gasteiger partial charge in [-0.05, 0) is 51.1 Å². The molecule has 0 spiro atoms. The van der Waals surface area contributed by atoms with E-state index in [0.29, 0.717) is 11.8 Å². The normalized spacial score (nSPS) is 29.1. The van der Waals surface area contributed by atoms with Crippen molar-refractivity contribution in [2.75, 3.05) is 19.8 Å². The van der Waals surface area contributed by atoms with Gasteiger partial charge in [-0.25, -0.2) is 0 Å². The van der Waals surface area contributed by atoms with Crippen molar-refractivity contribution in [3.8, 4) is 0 Å². The average molecular weight is 208 g/mol. The molecule has 0 unspecified atom stereocenters. The van der Waals surface area contributed by atoms with Crippen LogP contribution in [0.25, 0.3) is 0 Å². The second-order valence-corrected chi connectivity index (χ2v) is 4.48. The van der Waals surface area contributed by atoms with Crippen molar-refractivity contribution in [1.82, 2.24) is 5.32 Å². The van der Waals surface area contributed by atoms with Crippen LogP contribution in [0.2, 0.25) is 0 Å². The summed E-state index contributed by atoms with van der Waals surface area (Å²) in [5.74, 6) is 0.773. The molecular formula is C10H19ClFN. The Morgan fingerprint density at radius 1 is 1.23 bits per heavy atom. The van der Waals surface area contributed by atoms with E-state index in [0.717, 1.165) is 31.8 Å². The summed E-state index contributed by atoms with van der Waals surface area (Å²) in [6.07, 6.45) is 5.41. The number of rotatable bonds is 5. The van der Waals surface area contributed by atoms with E-state index in [-0.39, 0.29) is 6.67 Å². The zero-order valence-corrected chi connectivity index (χ0v) is 8.82. The van der Waals surface area contributed by atoms with Gasteiger partial charge in [-0.2, -0.15) is 0 Å². The van der Waals surface area contributed by atoms with Crippen LogP contribution in [0.1, 0.15) is 32.1 Å². The van der Waals surface area contributed by atoms with Crippen molar-refractivity contribution in [1.29, 1.82) is 0 Å². The lowest BCUT2D eigenvalue weighted by molar-refractivity contribution is 0.342. The highest BCUT2D eigenvalue weighted by molar-refractivity contribution is 6.20. The Balaban J connectivity index is 1.96. The Labute approximate surface area is 85.0 Å². The summed E-state index contributed by atoms with van der Waals surface area (Å²) in [6.45, 7) is 1.66. The van der Waals surface area contributed by atoms with Crippen molar-refractivity contribution in [2.45, 2.75) is 37.5 Å². The van der Waals surface area contributed by atoms with E-state index >= 15 is 0 Å². The number of hydrogen-bond donors (Lipinski definition) is 1. The van der Waals surface area contributed by atoms with Crippen LogP contribution in [0.4, 0.5) is 4.39 Å². The van der Waals surface area contributed by atoms with Crippen LogP contribution in [0.5, 0.6) is 0 Å². The maximum atomic E-state index is 11.8. The first-order chi connectivity index (χ1) is 6.33. The fraction of sp³-hybridized carbons (Fsp3) is 1.00. The van der Waals surface area contributed by atoms with Gasteiger partial charge in [0.15, 0.2) is 0 Å². The van der Waals surface area contributed by atoms with Crippen molar-refractivity contribution >= 4 is 11.6 Å². The molecule has 0 atom stereocenters. The first-order valence-corrected chi connectivity index (χ1v) is 5.67. The molecule has 0 amide bonds. The van der Waals surface area contributed by atoms with Crippen LogP contribution in [0.15, 0.2) is 0 Å². The molecule has 13 heavy (non-hydrogen) atoms. The molecular weight excluding hydrogens is 189 g/mol. The molecule has 0 aromatic rings. The molecule has 0 aromatic heterocycles. The first-order valence-electron chi connectivity index (χ1n) is 5.23. The average Bonchev–Trinajstić information content (AvgIpc) is 2.15. The Hall–Kier alpha value is 0.180. The Bertz CT molecular complexity index is 124. The lowest BCUT2D eigenvalue weighted by Gasteiger charge is -2.25. The third-order valence-electron chi connectivity index (χ3n) is 2.70. The molecule has 1 saturated carbocycles. The topological polar surface area (TPSA) is 12.0 Å². The van der Waals surface area contributed by atoms with Gasteiger partial charge in [0.2, 0.25) is 0 Å². The Kier molecular flexibility index (Phi) is 5.72. The van der Waals surface area contributed by atoms with E-state index in [4.69, 9.17) is 11.6 Å². The maximum absolute atomic E-state index is 11.8. The molecule has 1 aliphatic carbocycles. The molecule has 0 aromatic carbocycles. The molecule has 1 N–H and O–H groups in total. The SMILES string of the molecule is FCCCNCC1CCC(Cl)CC1. The molecule has 1 aliphatic rings. The quantitative estimate of drug-likeness (QED) is 0.540. The summed E-state index contributed by atoms with van der Waals surface area (Å²) in [5, 5.41) is 3.69. The van der Waals surface area contributed by atoms with E-state index in [9.17, 15) is 4.39 Å². The zero-order chi connectivity index (χ0) is 9.52. The highest BCUT2D eigenvalue weighted by Crippen LogP contribution is 2.26. The number of alkyl halides is 2. The van der Waals surface area contributed by atoms with Crippen LogP contribution in [-0.2, 0) is 0 Å². The Morgan fingerprint density at radius 3 is 2.54 bits per heavy atom. The summed E-state index contributed by atoms with van der Waals surface area (Å²) in [5.41, 5.74) is 0. The molecule has 0 radical (unpaired) electrons. The molecule has 1 nitrogen and oxygen atoms in total. The van der Waals surface area contributed by atoms with Crippen molar-refractivity contribution < 1.29 is 4.39 Å². The fourth-order valence-corrected chi connectivity index (χ4v) is 2.08. The van der Waals surface area contributed by atoms with E-state index in [1.54, 1.807) is 0 Å². The summed E-state index contributed by atoms with van der Waals surface area (Å²) < 4.78 is 11.8. The van der Waals surface area contributed by atoms with Gasteiger partial charge in [0.1, 0.15) is 0 Å². The van der Waals surface area contributed by atoms with Crippen molar-refractivity contribution in [3.05, 3.63) is 0 Å². The lowest BCUT2D eigenvalue weighted by Crippen LogP contribution is -2.27. The van der Waals surface area contributed by atoms with Crippen LogP contribution >= 0.6 is 11.6 Å². The minimum atomic E-state index is -0.207. The highest BCUT2D eigenvalue weighted by Gasteiger charge is 2.18. The number of nitrogens with one attached hydrogen (secondary N) is 1. The van der Waals surface area contributed by atoms with Gasteiger partial charge in [0, 0.05) is 5.38 Å². The number of halogens is 2. The van der Waals surface area contributed by atoms with Crippen LogP contribution < -0.4 is 5.32 Å². The second-order valence-electron chi connectivity index (χ2n) is 3.86. The first kappa shape index (κ1) is 11.3. The summed E-state index contributed by atoms with van der Waals surface area (Å²) in [7, 11) is 0. The minimum Gasteiger partial charge on any atom is -0.316 e. The maximum Gasteiger partial charge on any atom is 0.0906 e. The van der Waals surface area contributed by atoms with Crippen LogP contribution in [0.3, 0.4) is 0 Å². The highest BCUT2D eigenvalue weighted by atomic mass is 35.5. The lowest BCUT2D eigenvalue weighted by atomic mass is 9.89. The van der Waals surface area contributed by atoms with Gasteiger partial charge < -0.3 is 5.32 Å². The predicted molar refractivity (Wildman–Crippen MR) is 55.1 cm³/mol. The minimum absolute atomic E-state index is 0.207. The van der Waals surface area contributed by atoms with Crippen molar-refractivity contribution in [3.63, 3.8) is 0 Å². The van der Waals surface area contributed by atoms with Gasteiger partial charge in [0.05, 0.1) is 6.67 Å². The standard InChI is InChI=1S/C10H19ClFN/c11-10-4-2-9(3-5-10)8-13-7-1-6-12/h9-10,13H,1-8H2. The summed E-state index contributed by atoms with van der Waals surface area (Å²) in [6, 6.07) is 0. The van der Waals surface area contributed by atoms with E-state index in [2.05, 4.69) is 5.32 Å². The smallest absolute Gasteiger partial charge is 0.0906 e. The molecule has 0 heterocycles. The fourth-order valence-electron chi connectivity index (χ4n) is 1.82. The zero-order valence-electron chi connectivity index (χ0n) is 8.07. The van der Waals surface area contributed by atoms with E-state index in [1.807, 2.05) is 0 Å². The largest absolute Gasteiger partial charge is 0.316 e. The number of hydrogen-bond acceptors (Lipinski definition) is 1. The van der Waals surface area contributed by atoms with Gasteiger partial charge in [-0.3, -0.25) is 4.39 Å². The van der Waals surface area contributed by atoms with Crippen LogP contribution in [-0.4, -0.2) is 25.1 Å². The summed E-state index contributed by atoms with van der Waals surface area (Å²) >= 11 is 6.00. The molecule has 78 valence electrons. The van der Waals surface area contributed by atoms with Crippen LogP contribution in [0, 0.1) is 5.92 Å². The van der Waals surface area contributed by atoms with Gasteiger partial charge in [-0.15, -0.1) is 11.6 Å². The summed E-state index contributed by atoms with van der Waals surface area (Å²) in [4.78, 5) is 0. The molecule has 0 bridgehead atoms. The van der Waals surface area contributed by atoms with E-state index in [1.165, 1.54) is 12.8 Å². The molecule has 0 aliphatic heterocycles. The predicted octanol–water partition coefficient (Wildman–Crippen LogP) is 2.73.